The average Bonchev–Trinajstić information content (AvgIpc) is 2.53. The summed E-state index contributed by atoms with van der Waals surface area (Å²) in [4.78, 5) is 0. The third kappa shape index (κ3) is 4.65. The van der Waals surface area contributed by atoms with Crippen LogP contribution in [0.5, 0.6) is 11.5 Å². The number of anilines is 1. The Hall–Kier alpha value is -1.20. The third-order valence-corrected chi connectivity index (χ3v) is 4.20. The molecule has 0 fully saturated rings. The van der Waals surface area contributed by atoms with Gasteiger partial charge in [0.1, 0.15) is 0 Å². The molecule has 0 unspecified atom stereocenters. The molecule has 2 rings (SSSR count). The molecule has 0 saturated heterocycles. The van der Waals surface area contributed by atoms with Gasteiger partial charge in [-0.2, -0.15) is 0 Å². The molecule has 0 radical (unpaired) electrons. The lowest BCUT2D eigenvalue weighted by Crippen LogP contribution is -2.03. The second-order valence-electron chi connectivity index (χ2n) is 4.82. The van der Waals surface area contributed by atoms with Crippen molar-refractivity contribution in [2.75, 3.05) is 19.0 Å². The summed E-state index contributed by atoms with van der Waals surface area (Å²) in [5, 5.41) is 3.39. The molecule has 0 aliphatic heterocycles. The van der Waals surface area contributed by atoms with Crippen LogP contribution in [-0.2, 0) is 6.54 Å². The van der Waals surface area contributed by atoms with Crippen LogP contribution in [0, 0.1) is 0 Å². The van der Waals surface area contributed by atoms with Gasteiger partial charge in [0.25, 0.3) is 0 Å². The quantitative estimate of drug-likeness (QED) is 0.620. The molecule has 0 saturated carbocycles. The zero-order chi connectivity index (χ0) is 15.9. The van der Waals surface area contributed by atoms with Gasteiger partial charge in [-0.3, -0.25) is 0 Å². The standard InChI is InChI=1S/C17H19Br2NO2/c1-3-8-22-17-15(19)9-12(10-16(17)21-2)11-20-14-6-4-13(18)5-7-14/h4-7,9-10,20H,3,8,11H2,1-2H3. The Morgan fingerprint density at radius 1 is 1.09 bits per heavy atom. The Kier molecular flexibility index (Phi) is 6.58. The van der Waals surface area contributed by atoms with Crippen molar-refractivity contribution < 1.29 is 9.47 Å². The Labute approximate surface area is 148 Å². The second-order valence-corrected chi connectivity index (χ2v) is 6.59. The van der Waals surface area contributed by atoms with E-state index in [4.69, 9.17) is 9.47 Å². The first-order chi connectivity index (χ1) is 10.6. The Morgan fingerprint density at radius 2 is 1.82 bits per heavy atom. The van der Waals surface area contributed by atoms with Crippen LogP contribution >= 0.6 is 31.9 Å². The van der Waals surface area contributed by atoms with E-state index in [-0.39, 0.29) is 0 Å². The number of hydrogen-bond acceptors (Lipinski definition) is 3. The maximum atomic E-state index is 5.74. The monoisotopic (exact) mass is 427 g/mol. The van der Waals surface area contributed by atoms with E-state index in [2.05, 4.69) is 50.2 Å². The molecule has 118 valence electrons. The molecule has 0 bridgehead atoms. The number of methoxy groups -OCH3 is 1. The van der Waals surface area contributed by atoms with Crippen molar-refractivity contribution in [3.05, 3.63) is 50.9 Å². The molecule has 0 aliphatic rings. The summed E-state index contributed by atoms with van der Waals surface area (Å²) in [7, 11) is 1.66. The smallest absolute Gasteiger partial charge is 0.175 e. The summed E-state index contributed by atoms with van der Waals surface area (Å²) >= 11 is 7.00. The normalized spacial score (nSPS) is 10.4. The van der Waals surface area contributed by atoms with Crippen molar-refractivity contribution in [3.63, 3.8) is 0 Å². The minimum Gasteiger partial charge on any atom is -0.493 e. The van der Waals surface area contributed by atoms with Crippen LogP contribution in [0.25, 0.3) is 0 Å². The van der Waals surface area contributed by atoms with E-state index in [9.17, 15) is 0 Å². The molecule has 22 heavy (non-hydrogen) atoms. The fourth-order valence-corrected chi connectivity index (χ4v) is 2.86. The Bertz CT molecular complexity index is 615. The summed E-state index contributed by atoms with van der Waals surface area (Å²) in [6, 6.07) is 12.2. The van der Waals surface area contributed by atoms with Crippen molar-refractivity contribution in [1.82, 2.24) is 0 Å². The predicted octanol–water partition coefficient (Wildman–Crippen LogP) is 5.62. The molecule has 0 aromatic heterocycles. The molecule has 2 aromatic carbocycles. The molecule has 3 nitrogen and oxygen atoms in total. The molecule has 0 spiro atoms. The van der Waals surface area contributed by atoms with Gasteiger partial charge in [0.2, 0.25) is 0 Å². The van der Waals surface area contributed by atoms with Crippen molar-refractivity contribution in [2.45, 2.75) is 19.9 Å². The topological polar surface area (TPSA) is 30.5 Å². The first kappa shape index (κ1) is 17.2. The van der Waals surface area contributed by atoms with E-state index >= 15 is 0 Å². The molecule has 1 N–H and O–H groups in total. The molecule has 0 amide bonds. The van der Waals surface area contributed by atoms with E-state index in [1.165, 1.54) is 0 Å². The molecular weight excluding hydrogens is 410 g/mol. The second kappa shape index (κ2) is 8.44. The highest BCUT2D eigenvalue weighted by Crippen LogP contribution is 2.37. The fourth-order valence-electron chi connectivity index (χ4n) is 1.99. The highest BCUT2D eigenvalue weighted by atomic mass is 79.9. The van der Waals surface area contributed by atoms with Gasteiger partial charge in [-0.15, -0.1) is 0 Å². The zero-order valence-corrected chi connectivity index (χ0v) is 15.8. The van der Waals surface area contributed by atoms with Crippen molar-refractivity contribution in [2.24, 2.45) is 0 Å². The van der Waals surface area contributed by atoms with E-state index in [0.717, 1.165) is 38.1 Å². The van der Waals surface area contributed by atoms with Crippen LogP contribution in [0.4, 0.5) is 5.69 Å². The largest absolute Gasteiger partial charge is 0.493 e. The van der Waals surface area contributed by atoms with E-state index < -0.39 is 0 Å². The maximum Gasteiger partial charge on any atom is 0.175 e. The summed E-state index contributed by atoms with van der Waals surface area (Å²) < 4.78 is 13.2. The number of hydrogen-bond donors (Lipinski definition) is 1. The van der Waals surface area contributed by atoms with Gasteiger partial charge >= 0.3 is 0 Å². The van der Waals surface area contributed by atoms with Gasteiger partial charge in [0.05, 0.1) is 18.2 Å². The number of halogens is 2. The van der Waals surface area contributed by atoms with E-state index in [0.29, 0.717) is 13.2 Å². The highest BCUT2D eigenvalue weighted by Gasteiger charge is 2.11. The first-order valence-corrected chi connectivity index (χ1v) is 8.71. The van der Waals surface area contributed by atoms with Crippen LogP contribution < -0.4 is 14.8 Å². The number of rotatable bonds is 7. The molecule has 0 atom stereocenters. The summed E-state index contributed by atoms with van der Waals surface area (Å²) in [6.07, 6.45) is 0.961. The van der Waals surface area contributed by atoms with Crippen molar-refractivity contribution in [3.8, 4) is 11.5 Å². The lowest BCUT2D eigenvalue weighted by atomic mass is 10.2. The minimum atomic E-state index is 0.672. The van der Waals surface area contributed by atoms with Crippen LogP contribution in [0.3, 0.4) is 0 Å². The van der Waals surface area contributed by atoms with Crippen molar-refractivity contribution >= 4 is 37.5 Å². The van der Waals surface area contributed by atoms with Gasteiger partial charge < -0.3 is 14.8 Å². The SMILES string of the molecule is CCCOc1c(Br)cc(CNc2ccc(Br)cc2)cc1OC. The van der Waals surface area contributed by atoms with Crippen LogP contribution in [0.2, 0.25) is 0 Å². The maximum absolute atomic E-state index is 5.74. The molecule has 5 heteroatoms. The zero-order valence-electron chi connectivity index (χ0n) is 12.7. The Balaban J connectivity index is 2.11. The van der Waals surface area contributed by atoms with Gasteiger partial charge in [-0.25, -0.2) is 0 Å². The molecule has 0 heterocycles. The number of benzene rings is 2. The average molecular weight is 429 g/mol. The summed E-state index contributed by atoms with van der Waals surface area (Å²) in [6.45, 7) is 3.47. The van der Waals surface area contributed by atoms with Gasteiger partial charge in [0, 0.05) is 16.7 Å². The Morgan fingerprint density at radius 3 is 2.45 bits per heavy atom. The van der Waals surface area contributed by atoms with Crippen LogP contribution in [0.15, 0.2) is 45.3 Å². The van der Waals surface area contributed by atoms with Crippen LogP contribution in [0.1, 0.15) is 18.9 Å². The first-order valence-electron chi connectivity index (χ1n) is 7.12. The van der Waals surface area contributed by atoms with E-state index in [1.54, 1.807) is 7.11 Å². The van der Waals surface area contributed by atoms with Gasteiger partial charge in [-0.1, -0.05) is 22.9 Å². The van der Waals surface area contributed by atoms with E-state index in [1.807, 2.05) is 30.3 Å². The summed E-state index contributed by atoms with van der Waals surface area (Å²) in [5.74, 6) is 1.51. The number of ether oxygens (including phenoxy) is 2. The van der Waals surface area contributed by atoms with Crippen molar-refractivity contribution in [1.29, 1.82) is 0 Å². The molecular formula is C17H19Br2NO2. The van der Waals surface area contributed by atoms with Gasteiger partial charge in [-0.05, 0) is 64.3 Å². The third-order valence-electron chi connectivity index (χ3n) is 3.08. The predicted molar refractivity (Wildman–Crippen MR) is 97.9 cm³/mol. The molecule has 2 aromatic rings. The van der Waals surface area contributed by atoms with Gasteiger partial charge in [0.15, 0.2) is 11.5 Å². The van der Waals surface area contributed by atoms with Crippen LogP contribution in [-0.4, -0.2) is 13.7 Å². The summed E-state index contributed by atoms with van der Waals surface area (Å²) in [5.41, 5.74) is 2.19. The lowest BCUT2D eigenvalue weighted by Gasteiger charge is -2.14. The number of nitrogens with one attached hydrogen (secondary N) is 1. The highest BCUT2D eigenvalue weighted by molar-refractivity contribution is 9.10. The lowest BCUT2D eigenvalue weighted by molar-refractivity contribution is 0.292. The fraction of sp³-hybridized carbons (Fsp3) is 0.294. The molecule has 0 aliphatic carbocycles. The minimum absolute atomic E-state index is 0.672.